The molecule has 1 N–H and O–H groups in total. The van der Waals surface area contributed by atoms with E-state index in [4.69, 9.17) is 21.1 Å². The Labute approximate surface area is 171 Å². The van der Waals surface area contributed by atoms with Crippen LogP contribution in [-0.2, 0) is 4.79 Å². The smallest absolute Gasteiger partial charge is 0.234 e. The molecule has 0 saturated carbocycles. The molecule has 1 amide bonds. The van der Waals surface area contributed by atoms with Crippen molar-refractivity contribution in [3.8, 4) is 17.2 Å². The van der Waals surface area contributed by atoms with Gasteiger partial charge in [0, 0.05) is 5.69 Å². The highest BCUT2D eigenvalue weighted by molar-refractivity contribution is 7.99. The Bertz CT molecular complexity index is 995. The van der Waals surface area contributed by atoms with Crippen LogP contribution in [0.3, 0.4) is 0 Å². The molecule has 0 aliphatic heterocycles. The van der Waals surface area contributed by atoms with Gasteiger partial charge in [-0.3, -0.25) is 4.79 Å². The molecule has 3 aromatic rings. The van der Waals surface area contributed by atoms with E-state index in [9.17, 15) is 4.79 Å². The number of rotatable bonds is 7. The number of nitrogens with zero attached hydrogens (tertiary/aromatic N) is 4. The number of anilines is 1. The summed E-state index contributed by atoms with van der Waals surface area (Å²) in [5, 5.41) is 15.4. The first-order valence-corrected chi connectivity index (χ1v) is 9.57. The SMILES string of the molecule is COc1ccc(NC(=O)CSc2nnnn2-c2cc(C)ccc2OC)cc1Cl. The third-order valence-corrected chi connectivity index (χ3v) is 4.99. The summed E-state index contributed by atoms with van der Waals surface area (Å²) in [5.74, 6) is 1.09. The molecular formula is C18H18ClN5O3S. The molecule has 0 spiro atoms. The second-order valence-electron chi connectivity index (χ2n) is 5.73. The standard InChI is InChI=1S/C18H18ClN5O3S/c1-11-4-6-16(27-3)14(8-11)24-18(21-22-23-24)28-10-17(25)20-12-5-7-15(26-2)13(19)9-12/h4-9H,10H2,1-3H3,(H,20,25). The summed E-state index contributed by atoms with van der Waals surface area (Å²) in [7, 11) is 3.11. The van der Waals surface area contributed by atoms with Crippen molar-refractivity contribution < 1.29 is 14.3 Å². The third-order valence-electron chi connectivity index (χ3n) is 3.77. The van der Waals surface area contributed by atoms with Crippen molar-refractivity contribution in [2.75, 3.05) is 25.3 Å². The van der Waals surface area contributed by atoms with Crippen molar-refractivity contribution in [2.24, 2.45) is 0 Å². The number of carbonyl (C=O) groups is 1. The van der Waals surface area contributed by atoms with Crippen LogP contribution < -0.4 is 14.8 Å². The Morgan fingerprint density at radius 2 is 1.93 bits per heavy atom. The van der Waals surface area contributed by atoms with E-state index in [1.807, 2.05) is 25.1 Å². The zero-order chi connectivity index (χ0) is 20.1. The normalized spacial score (nSPS) is 10.6. The number of nitrogens with one attached hydrogen (secondary N) is 1. The molecule has 0 aliphatic carbocycles. The summed E-state index contributed by atoms with van der Waals surface area (Å²) in [6.45, 7) is 1.97. The number of carbonyl (C=O) groups excluding carboxylic acids is 1. The first-order chi connectivity index (χ1) is 13.5. The highest BCUT2D eigenvalue weighted by Gasteiger charge is 2.15. The summed E-state index contributed by atoms with van der Waals surface area (Å²) in [6, 6.07) is 10.7. The zero-order valence-electron chi connectivity index (χ0n) is 15.5. The quantitative estimate of drug-likeness (QED) is 0.587. The van der Waals surface area contributed by atoms with Gasteiger partial charge < -0.3 is 14.8 Å². The lowest BCUT2D eigenvalue weighted by Crippen LogP contribution is -2.14. The Morgan fingerprint density at radius 3 is 2.64 bits per heavy atom. The third kappa shape index (κ3) is 4.55. The summed E-state index contributed by atoms with van der Waals surface area (Å²) in [4.78, 5) is 12.3. The number of tetrazole rings is 1. The van der Waals surface area contributed by atoms with Crippen LogP contribution >= 0.6 is 23.4 Å². The Morgan fingerprint density at radius 1 is 1.18 bits per heavy atom. The lowest BCUT2D eigenvalue weighted by molar-refractivity contribution is -0.113. The molecule has 2 aromatic carbocycles. The minimum absolute atomic E-state index is 0.123. The van der Waals surface area contributed by atoms with Crippen LogP contribution in [0.1, 0.15) is 5.56 Å². The van der Waals surface area contributed by atoms with Gasteiger partial charge in [-0.1, -0.05) is 29.4 Å². The maximum atomic E-state index is 12.3. The van der Waals surface area contributed by atoms with Gasteiger partial charge in [0.1, 0.15) is 17.2 Å². The van der Waals surface area contributed by atoms with Crippen molar-refractivity contribution in [3.05, 3.63) is 47.0 Å². The Hall–Kier alpha value is -2.78. The number of methoxy groups -OCH3 is 2. The lowest BCUT2D eigenvalue weighted by Gasteiger charge is -2.10. The second-order valence-corrected chi connectivity index (χ2v) is 7.08. The fourth-order valence-corrected chi connectivity index (χ4v) is 3.40. The van der Waals surface area contributed by atoms with Crippen molar-refractivity contribution in [2.45, 2.75) is 12.1 Å². The van der Waals surface area contributed by atoms with Gasteiger partial charge in [-0.15, -0.1) is 5.10 Å². The van der Waals surface area contributed by atoms with Gasteiger partial charge in [-0.05, 0) is 53.2 Å². The van der Waals surface area contributed by atoms with Gasteiger partial charge in [0.25, 0.3) is 0 Å². The lowest BCUT2D eigenvalue weighted by atomic mass is 10.2. The molecule has 8 nitrogen and oxygen atoms in total. The first kappa shape index (κ1) is 20.0. The van der Waals surface area contributed by atoms with E-state index in [0.29, 0.717) is 33.1 Å². The minimum Gasteiger partial charge on any atom is -0.495 e. The van der Waals surface area contributed by atoms with E-state index < -0.39 is 0 Å². The van der Waals surface area contributed by atoms with E-state index in [0.717, 1.165) is 5.56 Å². The molecule has 0 saturated heterocycles. The van der Waals surface area contributed by atoms with Gasteiger partial charge >= 0.3 is 0 Å². The Kier molecular flexibility index (Phi) is 6.37. The number of halogens is 1. The first-order valence-electron chi connectivity index (χ1n) is 8.21. The number of ether oxygens (including phenoxy) is 2. The highest BCUT2D eigenvalue weighted by Crippen LogP contribution is 2.28. The van der Waals surface area contributed by atoms with Crippen LogP contribution in [0.5, 0.6) is 11.5 Å². The van der Waals surface area contributed by atoms with Gasteiger partial charge in [-0.25, -0.2) is 0 Å². The number of aromatic nitrogens is 4. The van der Waals surface area contributed by atoms with E-state index in [1.165, 1.54) is 18.9 Å². The molecule has 0 atom stereocenters. The van der Waals surface area contributed by atoms with Gasteiger partial charge in [0.15, 0.2) is 0 Å². The molecule has 0 radical (unpaired) electrons. The molecule has 0 aliphatic rings. The van der Waals surface area contributed by atoms with Crippen LogP contribution in [-0.4, -0.2) is 46.1 Å². The van der Waals surface area contributed by atoms with Crippen molar-refractivity contribution in [3.63, 3.8) is 0 Å². The van der Waals surface area contributed by atoms with Crippen LogP contribution in [0, 0.1) is 6.92 Å². The van der Waals surface area contributed by atoms with Crippen LogP contribution in [0.4, 0.5) is 5.69 Å². The highest BCUT2D eigenvalue weighted by atomic mass is 35.5. The molecule has 1 heterocycles. The molecular weight excluding hydrogens is 402 g/mol. The van der Waals surface area contributed by atoms with Crippen LogP contribution in [0.2, 0.25) is 5.02 Å². The monoisotopic (exact) mass is 419 g/mol. The molecule has 1 aromatic heterocycles. The van der Waals surface area contributed by atoms with Crippen molar-refractivity contribution in [1.82, 2.24) is 20.2 Å². The average molecular weight is 420 g/mol. The topological polar surface area (TPSA) is 91.2 Å². The molecule has 0 fully saturated rings. The maximum absolute atomic E-state index is 12.3. The summed E-state index contributed by atoms with van der Waals surface area (Å²) in [5.41, 5.74) is 2.32. The Balaban J connectivity index is 1.69. The summed E-state index contributed by atoms with van der Waals surface area (Å²) < 4.78 is 12.0. The predicted octanol–water partition coefficient (Wildman–Crippen LogP) is 3.37. The molecule has 146 valence electrons. The number of hydrogen-bond donors (Lipinski definition) is 1. The zero-order valence-corrected chi connectivity index (χ0v) is 17.0. The summed E-state index contributed by atoms with van der Waals surface area (Å²) in [6.07, 6.45) is 0. The molecule has 3 rings (SSSR count). The molecule has 28 heavy (non-hydrogen) atoms. The fraction of sp³-hybridized carbons (Fsp3) is 0.222. The van der Waals surface area contributed by atoms with Crippen molar-refractivity contribution in [1.29, 1.82) is 0 Å². The van der Waals surface area contributed by atoms with Crippen LogP contribution in [0.15, 0.2) is 41.6 Å². The number of benzene rings is 2. The van der Waals surface area contributed by atoms with Gasteiger partial charge in [0.2, 0.25) is 11.1 Å². The number of amides is 1. The minimum atomic E-state index is -0.211. The molecule has 0 bridgehead atoms. The van der Waals surface area contributed by atoms with Crippen LogP contribution in [0.25, 0.3) is 5.69 Å². The largest absolute Gasteiger partial charge is 0.495 e. The fourth-order valence-electron chi connectivity index (χ4n) is 2.46. The summed E-state index contributed by atoms with van der Waals surface area (Å²) >= 11 is 7.29. The van der Waals surface area contributed by atoms with Gasteiger partial charge in [-0.2, -0.15) is 4.68 Å². The molecule has 0 unspecified atom stereocenters. The average Bonchev–Trinajstić information content (AvgIpc) is 3.15. The predicted molar refractivity (Wildman–Crippen MR) is 108 cm³/mol. The number of thioether (sulfide) groups is 1. The second kappa shape index (κ2) is 8.94. The maximum Gasteiger partial charge on any atom is 0.234 e. The van der Waals surface area contributed by atoms with E-state index in [-0.39, 0.29) is 11.7 Å². The number of aryl methyl sites for hydroxylation is 1. The van der Waals surface area contributed by atoms with E-state index in [1.54, 1.807) is 30.0 Å². The van der Waals surface area contributed by atoms with Crippen molar-refractivity contribution >= 4 is 35.0 Å². The van der Waals surface area contributed by atoms with E-state index >= 15 is 0 Å². The van der Waals surface area contributed by atoms with Gasteiger partial charge in [0.05, 0.1) is 25.0 Å². The number of hydrogen-bond acceptors (Lipinski definition) is 7. The van der Waals surface area contributed by atoms with E-state index in [2.05, 4.69) is 20.8 Å². The molecule has 10 heteroatoms.